The lowest BCUT2D eigenvalue weighted by atomic mass is 10.1. The Balaban J connectivity index is 1.26. The van der Waals surface area contributed by atoms with E-state index in [1.807, 2.05) is 61.5 Å². The number of para-hydroxylation sites is 1. The number of aryl methyl sites for hydroxylation is 3. The number of nitrogens with zero attached hydrogens (tertiary/aromatic N) is 4. The topological polar surface area (TPSA) is 89.8 Å². The number of thioether (sulfide) groups is 1. The fraction of sp³-hybridized carbons (Fsp3) is 0.192. The van der Waals surface area contributed by atoms with Gasteiger partial charge in [0.15, 0.2) is 5.16 Å². The highest BCUT2D eigenvalue weighted by molar-refractivity contribution is 7.99. The first-order valence-corrected chi connectivity index (χ1v) is 14.1. The van der Waals surface area contributed by atoms with Crippen molar-refractivity contribution < 1.29 is 4.79 Å². The van der Waals surface area contributed by atoms with E-state index in [4.69, 9.17) is 4.98 Å². The average Bonchev–Trinajstić information content (AvgIpc) is 3.60. The van der Waals surface area contributed by atoms with Crippen molar-refractivity contribution in [2.45, 2.75) is 31.3 Å². The second-order valence-corrected chi connectivity index (χ2v) is 11.3. The zero-order valence-corrected chi connectivity index (χ0v) is 21.8. The minimum absolute atomic E-state index is 0.0717. The SMILES string of the molecule is Cc1ccccc1-c1nc(NC(=O)CSc2nc3sc4c(c3c(=O)n2-c2ccccc2)CCC4)ns1. The van der Waals surface area contributed by atoms with Gasteiger partial charge in [0.1, 0.15) is 9.84 Å². The summed E-state index contributed by atoms with van der Waals surface area (Å²) in [6.45, 7) is 2.02. The molecule has 1 amide bonds. The summed E-state index contributed by atoms with van der Waals surface area (Å²) >= 11 is 4.09. The molecule has 10 heteroatoms. The summed E-state index contributed by atoms with van der Waals surface area (Å²) in [5.41, 5.74) is 3.91. The van der Waals surface area contributed by atoms with Gasteiger partial charge in [0, 0.05) is 10.4 Å². The quantitative estimate of drug-likeness (QED) is 0.230. The minimum atomic E-state index is -0.253. The van der Waals surface area contributed by atoms with E-state index in [1.165, 1.54) is 28.2 Å². The second kappa shape index (κ2) is 9.61. The monoisotopic (exact) mass is 531 g/mol. The number of carbonyl (C=O) groups excluding carboxylic acids is 1. The molecule has 3 aromatic heterocycles. The molecule has 1 aliphatic rings. The lowest BCUT2D eigenvalue weighted by Crippen LogP contribution is -2.23. The van der Waals surface area contributed by atoms with Crippen molar-refractivity contribution in [1.82, 2.24) is 18.9 Å². The van der Waals surface area contributed by atoms with Crippen molar-refractivity contribution in [1.29, 1.82) is 0 Å². The summed E-state index contributed by atoms with van der Waals surface area (Å²) in [4.78, 5) is 37.8. The highest BCUT2D eigenvalue weighted by Crippen LogP contribution is 2.36. The summed E-state index contributed by atoms with van der Waals surface area (Å²) in [7, 11) is 0. The normalized spacial score (nSPS) is 12.7. The molecule has 0 fully saturated rings. The lowest BCUT2D eigenvalue weighted by Gasteiger charge is -2.12. The molecule has 1 N–H and O–H groups in total. The number of benzene rings is 2. The van der Waals surface area contributed by atoms with Gasteiger partial charge in [-0.15, -0.1) is 11.3 Å². The van der Waals surface area contributed by atoms with Gasteiger partial charge in [-0.1, -0.05) is 54.2 Å². The van der Waals surface area contributed by atoms with Crippen molar-refractivity contribution in [2.75, 3.05) is 11.1 Å². The summed E-state index contributed by atoms with van der Waals surface area (Å²) in [5, 5.41) is 4.76. The Hall–Kier alpha value is -3.34. The van der Waals surface area contributed by atoms with Crippen molar-refractivity contribution in [2.24, 2.45) is 0 Å². The van der Waals surface area contributed by atoms with Crippen molar-refractivity contribution in [3.05, 3.63) is 81.0 Å². The lowest BCUT2D eigenvalue weighted by molar-refractivity contribution is -0.113. The van der Waals surface area contributed by atoms with Gasteiger partial charge < -0.3 is 0 Å². The highest BCUT2D eigenvalue weighted by Gasteiger charge is 2.24. The number of nitrogens with one attached hydrogen (secondary N) is 1. The zero-order valence-electron chi connectivity index (χ0n) is 19.4. The first-order valence-electron chi connectivity index (χ1n) is 11.5. The van der Waals surface area contributed by atoms with Crippen LogP contribution in [-0.4, -0.2) is 30.6 Å². The van der Waals surface area contributed by atoms with Gasteiger partial charge in [-0.25, -0.2) is 4.98 Å². The maximum Gasteiger partial charge on any atom is 0.267 e. The predicted molar refractivity (Wildman–Crippen MR) is 147 cm³/mol. The van der Waals surface area contributed by atoms with Gasteiger partial charge in [0.25, 0.3) is 5.56 Å². The maximum absolute atomic E-state index is 13.7. The molecule has 2 aromatic carbocycles. The molecular weight excluding hydrogens is 511 g/mol. The minimum Gasteiger partial charge on any atom is -0.293 e. The summed E-state index contributed by atoms with van der Waals surface area (Å²) < 4.78 is 5.93. The molecule has 6 rings (SSSR count). The number of hydrogen-bond donors (Lipinski definition) is 1. The molecule has 0 saturated heterocycles. The number of thiophene rings is 1. The molecule has 0 atom stereocenters. The van der Waals surface area contributed by atoms with Gasteiger partial charge in [-0.2, -0.15) is 9.36 Å². The Morgan fingerprint density at radius 3 is 2.72 bits per heavy atom. The molecule has 0 spiro atoms. The Labute approximate surface area is 219 Å². The van der Waals surface area contributed by atoms with Gasteiger partial charge in [-0.05, 0) is 61.0 Å². The van der Waals surface area contributed by atoms with E-state index in [0.717, 1.165) is 56.9 Å². The molecule has 0 saturated carbocycles. The van der Waals surface area contributed by atoms with E-state index in [2.05, 4.69) is 14.7 Å². The Morgan fingerprint density at radius 2 is 1.89 bits per heavy atom. The number of rotatable bonds is 6. The van der Waals surface area contributed by atoms with Crippen LogP contribution in [0.25, 0.3) is 26.5 Å². The van der Waals surface area contributed by atoms with E-state index < -0.39 is 0 Å². The van der Waals surface area contributed by atoms with Crippen LogP contribution in [0.1, 0.15) is 22.4 Å². The van der Waals surface area contributed by atoms with Crippen molar-refractivity contribution >= 4 is 56.7 Å². The second-order valence-electron chi connectivity index (χ2n) is 8.48. The van der Waals surface area contributed by atoms with E-state index in [1.54, 1.807) is 15.9 Å². The molecular formula is C26H21N5O2S3. The molecule has 0 bridgehead atoms. The third-order valence-corrected chi connectivity index (χ3v) is 8.98. The van der Waals surface area contributed by atoms with Gasteiger partial charge in [0.05, 0.1) is 16.8 Å². The van der Waals surface area contributed by atoms with E-state index in [0.29, 0.717) is 5.16 Å². The van der Waals surface area contributed by atoms with Gasteiger partial charge in [0.2, 0.25) is 11.9 Å². The predicted octanol–water partition coefficient (Wildman–Crippen LogP) is 5.49. The first-order chi connectivity index (χ1) is 17.6. The molecule has 180 valence electrons. The molecule has 5 aromatic rings. The summed E-state index contributed by atoms with van der Waals surface area (Å²) in [6.07, 6.45) is 2.99. The highest BCUT2D eigenvalue weighted by atomic mass is 32.2. The van der Waals surface area contributed by atoms with Crippen LogP contribution in [0.5, 0.6) is 0 Å². The maximum atomic E-state index is 13.7. The van der Waals surface area contributed by atoms with Crippen LogP contribution in [0.3, 0.4) is 0 Å². The Morgan fingerprint density at radius 1 is 1.08 bits per heavy atom. The number of aromatic nitrogens is 4. The fourth-order valence-corrected chi connectivity index (χ4v) is 7.24. The summed E-state index contributed by atoms with van der Waals surface area (Å²) in [6, 6.07) is 17.4. The van der Waals surface area contributed by atoms with Crippen LogP contribution >= 0.6 is 34.6 Å². The van der Waals surface area contributed by atoms with Crippen LogP contribution in [0, 0.1) is 6.92 Å². The molecule has 36 heavy (non-hydrogen) atoms. The van der Waals surface area contributed by atoms with Crippen molar-refractivity contribution in [3.8, 4) is 16.3 Å². The Kier molecular flexibility index (Phi) is 6.16. The van der Waals surface area contributed by atoms with Crippen LogP contribution in [0.2, 0.25) is 0 Å². The van der Waals surface area contributed by atoms with Crippen LogP contribution < -0.4 is 10.9 Å². The molecule has 3 heterocycles. The average molecular weight is 532 g/mol. The smallest absolute Gasteiger partial charge is 0.267 e. The van der Waals surface area contributed by atoms with Crippen molar-refractivity contribution in [3.63, 3.8) is 0 Å². The number of hydrogen-bond acceptors (Lipinski definition) is 8. The summed E-state index contributed by atoms with van der Waals surface area (Å²) in [5.74, 6) is 0.105. The number of fused-ring (bicyclic) bond motifs is 3. The van der Waals surface area contributed by atoms with Crippen LogP contribution in [0.15, 0.2) is 64.5 Å². The third-order valence-electron chi connectivity index (χ3n) is 6.11. The molecule has 0 unspecified atom stereocenters. The van der Waals surface area contributed by atoms with E-state index in [-0.39, 0.29) is 23.2 Å². The zero-order chi connectivity index (χ0) is 24.6. The fourth-order valence-electron chi connectivity index (χ4n) is 4.41. The van der Waals surface area contributed by atoms with E-state index in [9.17, 15) is 9.59 Å². The number of carbonyl (C=O) groups is 1. The van der Waals surface area contributed by atoms with Crippen LogP contribution in [-0.2, 0) is 17.6 Å². The third kappa shape index (κ3) is 4.25. The molecule has 7 nitrogen and oxygen atoms in total. The molecule has 0 radical (unpaired) electrons. The largest absolute Gasteiger partial charge is 0.293 e. The molecule has 1 aliphatic carbocycles. The standard InChI is InChI=1S/C26H21N5O2S3/c1-15-8-5-6-11-17(15)22-28-25(30-36-22)27-20(32)14-34-26-29-23-21(18-12-7-13-19(18)35-23)24(33)31(26)16-9-3-2-4-10-16/h2-6,8-11H,7,12-14H2,1H3,(H,27,30,32). The van der Waals surface area contributed by atoms with E-state index >= 15 is 0 Å². The number of anilines is 1. The Bertz CT molecular complexity index is 1660. The number of amides is 1. The van der Waals surface area contributed by atoms with Gasteiger partial charge in [-0.3, -0.25) is 19.5 Å². The first kappa shape index (κ1) is 23.1. The van der Waals surface area contributed by atoms with Gasteiger partial charge >= 0.3 is 0 Å². The molecule has 0 aliphatic heterocycles. The van der Waals surface area contributed by atoms with Crippen LogP contribution in [0.4, 0.5) is 5.95 Å².